The maximum absolute atomic E-state index is 13.2. The molecule has 0 aliphatic rings. The number of pyridine rings is 1. The Labute approximate surface area is 187 Å². The molecule has 1 heterocycles. The van der Waals surface area contributed by atoms with Crippen molar-refractivity contribution in [3.8, 4) is 5.75 Å². The van der Waals surface area contributed by atoms with Crippen molar-refractivity contribution in [2.45, 2.75) is 12.7 Å². The lowest BCUT2D eigenvalue weighted by Gasteiger charge is -2.22. The summed E-state index contributed by atoms with van der Waals surface area (Å²) < 4.78 is 44.2. The first kappa shape index (κ1) is 23.6. The molecule has 1 aromatic heterocycles. The number of carbonyl (C=O) groups excluding carboxylic acids is 1. The van der Waals surface area contributed by atoms with Crippen LogP contribution in [0.4, 0.5) is 24.7 Å². The molecule has 0 unspecified atom stereocenters. The van der Waals surface area contributed by atoms with Gasteiger partial charge in [0, 0.05) is 18.4 Å². The molecule has 0 bridgehead atoms. The van der Waals surface area contributed by atoms with Crippen LogP contribution in [0.5, 0.6) is 5.75 Å². The number of nitrogens with one attached hydrogen (secondary N) is 1. The summed E-state index contributed by atoms with van der Waals surface area (Å²) in [5.41, 5.74) is -0.0632. The van der Waals surface area contributed by atoms with Gasteiger partial charge in [-0.1, -0.05) is 12.1 Å². The molecule has 0 aliphatic heterocycles. The Kier molecular flexibility index (Phi) is 7.17. The second-order valence-electron chi connectivity index (χ2n) is 7.01. The second-order valence-corrected chi connectivity index (χ2v) is 7.01. The van der Waals surface area contributed by atoms with Gasteiger partial charge in [-0.05, 0) is 54.1 Å². The molecule has 1 amide bonds. The maximum Gasteiger partial charge on any atom is 0.416 e. The Morgan fingerprint density at radius 1 is 1.09 bits per heavy atom. The van der Waals surface area contributed by atoms with Gasteiger partial charge in [-0.25, -0.2) is 4.98 Å². The predicted octanol–water partition coefficient (Wildman–Crippen LogP) is 4.58. The summed E-state index contributed by atoms with van der Waals surface area (Å²) in [6.45, 7) is -1.03. The van der Waals surface area contributed by atoms with Crippen LogP contribution in [0.25, 0.3) is 0 Å². The molecular formula is C23H20F3N3O4. The number of aromatic nitrogens is 1. The Hall–Kier alpha value is -4.08. The highest BCUT2D eigenvalue weighted by Gasteiger charge is 2.31. The molecule has 33 heavy (non-hydrogen) atoms. The van der Waals surface area contributed by atoms with E-state index in [4.69, 9.17) is 4.74 Å². The van der Waals surface area contributed by atoms with Crippen LogP contribution in [0, 0.1) is 0 Å². The number of alkyl halides is 3. The average molecular weight is 459 g/mol. The van der Waals surface area contributed by atoms with Crippen molar-refractivity contribution >= 4 is 23.4 Å². The number of hydrogen-bond donors (Lipinski definition) is 2. The topological polar surface area (TPSA) is 91.8 Å². The molecule has 7 nitrogen and oxygen atoms in total. The van der Waals surface area contributed by atoms with E-state index >= 15 is 0 Å². The minimum absolute atomic E-state index is 0.0709. The van der Waals surface area contributed by atoms with Crippen LogP contribution in [0.2, 0.25) is 0 Å². The number of benzene rings is 2. The molecule has 0 fully saturated rings. The minimum Gasteiger partial charge on any atom is -0.497 e. The fourth-order valence-corrected chi connectivity index (χ4v) is 3.09. The van der Waals surface area contributed by atoms with Gasteiger partial charge in [-0.15, -0.1) is 0 Å². The van der Waals surface area contributed by atoms with Crippen molar-refractivity contribution in [1.82, 2.24) is 9.88 Å². The van der Waals surface area contributed by atoms with Crippen LogP contribution in [-0.2, 0) is 17.5 Å². The smallest absolute Gasteiger partial charge is 0.416 e. The van der Waals surface area contributed by atoms with Crippen LogP contribution in [0.15, 0.2) is 66.9 Å². The molecule has 3 aromatic rings. The molecule has 0 saturated heterocycles. The molecule has 0 atom stereocenters. The lowest BCUT2D eigenvalue weighted by Crippen LogP contribution is -2.35. The van der Waals surface area contributed by atoms with Crippen LogP contribution in [0.1, 0.15) is 21.5 Å². The van der Waals surface area contributed by atoms with E-state index in [0.717, 1.165) is 17.0 Å². The molecule has 2 N–H and O–H groups in total. The lowest BCUT2D eigenvalue weighted by molar-refractivity contribution is -0.139. The van der Waals surface area contributed by atoms with Gasteiger partial charge >= 0.3 is 12.1 Å². The van der Waals surface area contributed by atoms with Gasteiger partial charge in [0.25, 0.3) is 5.91 Å². The Bertz CT molecular complexity index is 1130. The fraction of sp³-hybridized carbons (Fsp3) is 0.174. The van der Waals surface area contributed by atoms with E-state index in [2.05, 4.69) is 10.3 Å². The monoisotopic (exact) mass is 459 g/mol. The number of nitrogens with zero attached hydrogens (tertiary/aromatic N) is 2. The molecule has 2 aromatic carbocycles. The highest BCUT2D eigenvalue weighted by Crippen LogP contribution is 2.30. The molecule has 3 rings (SSSR count). The first-order valence-electron chi connectivity index (χ1n) is 9.70. The number of ether oxygens (including phenoxy) is 1. The van der Waals surface area contributed by atoms with Crippen LogP contribution >= 0.6 is 0 Å². The number of anilines is 2. The zero-order chi connectivity index (χ0) is 24.0. The summed E-state index contributed by atoms with van der Waals surface area (Å²) in [7, 11) is 1.53. The highest BCUT2D eigenvalue weighted by molar-refractivity contribution is 6.00. The third kappa shape index (κ3) is 6.22. The largest absolute Gasteiger partial charge is 0.497 e. The molecule has 172 valence electrons. The molecular weight excluding hydrogens is 439 g/mol. The number of carboxylic acid groups (broad SMARTS) is 1. The Morgan fingerprint density at radius 2 is 1.82 bits per heavy atom. The lowest BCUT2D eigenvalue weighted by atomic mass is 10.1. The number of rotatable bonds is 8. The van der Waals surface area contributed by atoms with E-state index in [1.165, 1.54) is 37.6 Å². The summed E-state index contributed by atoms with van der Waals surface area (Å²) in [5.74, 6) is -1.19. The molecule has 0 radical (unpaired) electrons. The van der Waals surface area contributed by atoms with Crippen LogP contribution in [-0.4, -0.2) is 40.5 Å². The molecule has 0 aliphatic carbocycles. The van der Waals surface area contributed by atoms with Crippen molar-refractivity contribution in [2.75, 3.05) is 19.0 Å². The number of carbonyl (C=O) groups is 2. The van der Waals surface area contributed by atoms with Crippen molar-refractivity contribution in [3.05, 3.63) is 83.6 Å². The highest BCUT2D eigenvalue weighted by atomic mass is 19.4. The van der Waals surface area contributed by atoms with Crippen molar-refractivity contribution in [2.24, 2.45) is 0 Å². The number of methoxy groups -OCH3 is 1. The van der Waals surface area contributed by atoms with E-state index in [1.807, 2.05) is 0 Å². The summed E-state index contributed by atoms with van der Waals surface area (Å²) in [6.07, 6.45) is -3.10. The zero-order valence-corrected chi connectivity index (χ0v) is 17.5. The molecule has 0 saturated carbocycles. The second kappa shape index (κ2) is 10.0. The minimum atomic E-state index is -4.56. The number of amides is 1. The SMILES string of the molecule is COc1ccc(Nc2ncccc2C(=O)N(CC(=O)O)Cc2cccc(C(F)(F)F)c2)cc1. The van der Waals surface area contributed by atoms with Crippen LogP contribution in [0.3, 0.4) is 0 Å². The Morgan fingerprint density at radius 3 is 2.45 bits per heavy atom. The summed E-state index contributed by atoms with van der Waals surface area (Å²) in [6, 6.07) is 14.2. The van der Waals surface area contributed by atoms with E-state index < -0.39 is 30.2 Å². The summed E-state index contributed by atoms with van der Waals surface area (Å²) in [5, 5.41) is 12.3. The van der Waals surface area contributed by atoms with E-state index in [1.54, 1.807) is 24.3 Å². The standard InChI is InChI=1S/C23H20F3N3O4/c1-33-18-9-7-17(8-10-18)28-21-19(6-3-11-27-21)22(32)29(14-20(30)31)13-15-4-2-5-16(12-15)23(24,25)26/h2-12H,13-14H2,1H3,(H,27,28)(H,30,31). The third-order valence-corrected chi connectivity index (χ3v) is 4.63. The van der Waals surface area contributed by atoms with E-state index in [9.17, 15) is 27.9 Å². The normalized spacial score (nSPS) is 11.0. The van der Waals surface area contributed by atoms with Gasteiger partial charge in [0.15, 0.2) is 0 Å². The summed E-state index contributed by atoms with van der Waals surface area (Å²) in [4.78, 5) is 29.7. The zero-order valence-electron chi connectivity index (χ0n) is 17.5. The van der Waals surface area contributed by atoms with Crippen molar-refractivity contribution < 1.29 is 32.6 Å². The number of hydrogen-bond acceptors (Lipinski definition) is 5. The predicted molar refractivity (Wildman–Crippen MR) is 114 cm³/mol. The van der Waals surface area contributed by atoms with Gasteiger partial charge < -0.3 is 20.1 Å². The quantitative estimate of drug-likeness (QED) is 0.513. The molecule has 0 spiro atoms. The average Bonchev–Trinajstić information content (AvgIpc) is 2.78. The van der Waals surface area contributed by atoms with E-state index in [-0.39, 0.29) is 23.5 Å². The third-order valence-electron chi connectivity index (χ3n) is 4.63. The van der Waals surface area contributed by atoms with Gasteiger partial charge in [0.2, 0.25) is 0 Å². The number of aliphatic carboxylic acids is 1. The summed E-state index contributed by atoms with van der Waals surface area (Å²) >= 11 is 0. The number of halogens is 3. The van der Waals surface area contributed by atoms with Crippen molar-refractivity contribution in [1.29, 1.82) is 0 Å². The van der Waals surface area contributed by atoms with Gasteiger partial charge in [-0.3, -0.25) is 9.59 Å². The van der Waals surface area contributed by atoms with E-state index in [0.29, 0.717) is 11.4 Å². The van der Waals surface area contributed by atoms with Gasteiger partial charge in [0.1, 0.15) is 18.1 Å². The van der Waals surface area contributed by atoms with Gasteiger partial charge in [-0.2, -0.15) is 13.2 Å². The Balaban J connectivity index is 1.89. The maximum atomic E-state index is 13.2. The van der Waals surface area contributed by atoms with Gasteiger partial charge in [0.05, 0.1) is 18.2 Å². The fourth-order valence-electron chi connectivity index (χ4n) is 3.09. The molecule has 10 heteroatoms. The van der Waals surface area contributed by atoms with Crippen LogP contribution < -0.4 is 10.1 Å². The van der Waals surface area contributed by atoms with Crippen molar-refractivity contribution in [3.63, 3.8) is 0 Å². The first-order valence-corrected chi connectivity index (χ1v) is 9.70. The number of carboxylic acids is 1. The first-order chi connectivity index (χ1) is 15.7.